The van der Waals surface area contributed by atoms with E-state index in [4.69, 9.17) is 27.9 Å². The molecule has 0 saturated carbocycles. The van der Waals surface area contributed by atoms with E-state index in [9.17, 15) is 13.2 Å². The number of methoxy groups -OCH3 is 4. The van der Waals surface area contributed by atoms with Gasteiger partial charge in [-0.05, 0) is 23.3 Å². The third-order valence-corrected chi connectivity index (χ3v) is 6.58. The molecule has 1 fully saturated rings. The molecule has 0 radical (unpaired) electrons. The highest BCUT2D eigenvalue weighted by molar-refractivity contribution is 7.86. The summed E-state index contributed by atoms with van der Waals surface area (Å²) in [6, 6.07) is 17.2. The van der Waals surface area contributed by atoms with Gasteiger partial charge in [0.25, 0.3) is 16.0 Å². The summed E-state index contributed by atoms with van der Waals surface area (Å²) in [4.78, 5) is 14.7. The van der Waals surface area contributed by atoms with Crippen LogP contribution in [0.15, 0.2) is 60.7 Å². The van der Waals surface area contributed by atoms with E-state index in [0.29, 0.717) is 40.0 Å². The highest BCUT2D eigenvalue weighted by atomic mass is 32.2. The monoisotopic (exact) mass is 543 g/mol. The number of nitrogens with zero attached hydrogens (tertiary/aromatic N) is 1. The number of amides is 1. The van der Waals surface area contributed by atoms with E-state index in [2.05, 4.69) is 0 Å². The van der Waals surface area contributed by atoms with Crippen LogP contribution in [0.4, 0.5) is 5.69 Å². The first-order valence-corrected chi connectivity index (χ1v) is 13.4. The second kappa shape index (κ2) is 11.2. The normalized spacial score (nSPS) is 17.0. The molecule has 0 unspecified atom stereocenters. The van der Waals surface area contributed by atoms with Gasteiger partial charge in [0.05, 0.1) is 46.4 Å². The van der Waals surface area contributed by atoms with Crippen LogP contribution < -0.4 is 28.6 Å². The molecule has 0 spiro atoms. The first kappa shape index (κ1) is 27.1. The molecular weight excluding hydrogens is 514 g/mol. The number of benzene rings is 3. The third-order valence-electron chi connectivity index (χ3n) is 6.02. The topological polar surface area (TPSA) is 110 Å². The summed E-state index contributed by atoms with van der Waals surface area (Å²) >= 11 is 0. The van der Waals surface area contributed by atoms with Crippen molar-refractivity contribution >= 4 is 21.7 Å². The van der Waals surface area contributed by atoms with E-state index < -0.39 is 28.2 Å². The zero-order valence-corrected chi connectivity index (χ0v) is 22.5. The van der Waals surface area contributed by atoms with Crippen molar-refractivity contribution in [1.29, 1.82) is 0 Å². The molecule has 1 aliphatic rings. The Bertz CT molecular complexity index is 1380. The minimum absolute atomic E-state index is 0.282. The Hall–Kier alpha value is -3.96. The lowest BCUT2D eigenvalue weighted by molar-refractivity contribution is -0.134. The van der Waals surface area contributed by atoms with Gasteiger partial charge in [0.15, 0.2) is 29.1 Å². The van der Waals surface area contributed by atoms with Crippen LogP contribution in [0.2, 0.25) is 0 Å². The number of hydrogen-bond acceptors (Lipinski definition) is 9. The molecule has 38 heavy (non-hydrogen) atoms. The Morgan fingerprint density at radius 1 is 0.789 bits per heavy atom. The Labute approximate surface area is 221 Å². The molecule has 2 atom stereocenters. The number of hydrogen-bond donors (Lipinski definition) is 0. The van der Waals surface area contributed by atoms with Gasteiger partial charge in [-0.2, -0.15) is 8.42 Å². The molecule has 1 saturated heterocycles. The lowest BCUT2D eigenvalue weighted by Gasteiger charge is -2.46. The average Bonchev–Trinajstić information content (AvgIpc) is 2.92. The predicted molar refractivity (Wildman–Crippen MR) is 140 cm³/mol. The van der Waals surface area contributed by atoms with Crippen molar-refractivity contribution in [1.82, 2.24) is 0 Å². The number of carbonyl (C=O) groups excluding carboxylic acids is 1. The van der Waals surface area contributed by atoms with Crippen molar-refractivity contribution in [2.24, 2.45) is 0 Å². The van der Waals surface area contributed by atoms with Crippen LogP contribution in [-0.2, 0) is 25.7 Å². The summed E-state index contributed by atoms with van der Waals surface area (Å²) in [6.45, 7) is 0.282. The van der Waals surface area contributed by atoms with E-state index in [-0.39, 0.29) is 6.61 Å². The number of ether oxygens (including phenoxy) is 5. The largest absolute Gasteiger partial charge is 0.493 e. The first-order valence-electron chi connectivity index (χ1n) is 11.6. The summed E-state index contributed by atoms with van der Waals surface area (Å²) < 4.78 is 57.0. The first-order chi connectivity index (χ1) is 18.2. The highest BCUT2D eigenvalue weighted by Crippen LogP contribution is 2.48. The summed E-state index contributed by atoms with van der Waals surface area (Å²) in [5.74, 6) is 1.39. The Morgan fingerprint density at radius 2 is 1.42 bits per heavy atom. The number of anilines is 1. The molecule has 0 N–H and O–H groups in total. The van der Waals surface area contributed by atoms with E-state index in [1.807, 2.05) is 30.3 Å². The quantitative estimate of drug-likeness (QED) is 0.264. The molecule has 1 heterocycles. The maximum absolute atomic E-state index is 13.3. The van der Waals surface area contributed by atoms with Crippen LogP contribution in [0.1, 0.15) is 17.2 Å². The van der Waals surface area contributed by atoms with Gasteiger partial charge in [-0.1, -0.05) is 36.4 Å². The molecule has 0 bridgehead atoms. The molecule has 3 aromatic carbocycles. The van der Waals surface area contributed by atoms with E-state index in [0.717, 1.165) is 11.8 Å². The summed E-state index contributed by atoms with van der Waals surface area (Å²) in [7, 11) is 1.98. The zero-order valence-electron chi connectivity index (χ0n) is 21.7. The van der Waals surface area contributed by atoms with Gasteiger partial charge in [-0.15, -0.1) is 0 Å². The maximum atomic E-state index is 13.3. The average molecular weight is 544 g/mol. The third kappa shape index (κ3) is 5.48. The van der Waals surface area contributed by atoms with Gasteiger partial charge in [0, 0.05) is 12.1 Å². The fourth-order valence-corrected chi connectivity index (χ4v) is 4.85. The molecule has 1 aliphatic heterocycles. The molecule has 202 valence electrons. The summed E-state index contributed by atoms with van der Waals surface area (Å²) in [6.07, 6.45) is -0.374. The van der Waals surface area contributed by atoms with Crippen molar-refractivity contribution in [2.75, 3.05) is 39.6 Å². The fraction of sp³-hybridized carbons (Fsp3) is 0.296. The number of carbonyl (C=O) groups is 1. The van der Waals surface area contributed by atoms with Gasteiger partial charge < -0.3 is 23.7 Å². The van der Waals surface area contributed by atoms with Crippen LogP contribution >= 0.6 is 0 Å². The summed E-state index contributed by atoms with van der Waals surface area (Å²) in [5, 5.41) is 0. The maximum Gasteiger partial charge on any atom is 0.265 e. The molecule has 3 aromatic rings. The van der Waals surface area contributed by atoms with Crippen LogP contribution in [0.5, 0.6) is 28.7 Å². The van der Waals surface area contributed by atoms with E-state index in [1.54, 1.807) is 30.3 Å². The van der Waals surface area contributed by atoms with Gasteiger partial charge in [-0.25, -0.2) is 0 Å². The molecule has 0 aliphatic carbocycles. The minimum atomic E-state index is -3.94. The van der Waals surface area contributed by atoms with Crippen molar-refractivity contribution in [3.63, 3.8) is 0 Å². The lowest BCUT2D eigenvalue weighted by Crippen LogP contribution is -2.60. The van der Waals surface area contributed by atoms with Crippen LogP contribution in [-0.4, -0.2) is 55.1 Å². The van der Waals surface area contributed by atoms with Crippen molar-refractivity contribution < 1.29 is 41.1 Å². The SMILES string of the molecule is COc1ccc([C@H]2[C@@H](OS(C)(=O)=O)C(=O)N2c2cc(OC)c(OC)c(OC)c2)cc1OCc1ccccc1. The fourth-order valence-electron chi connectivity index (χ4n) is 4.29. The molecule has 10 nitrogen and oxygen atoms in total. The molecule has 0 aromatic heterocycles. The second-order valence-corrected chi connectivity index (χ2v) is 10.0. The van der Waals surface area contributed by atoms with Gasteiger partial charge in [0.2, 0.25) is 5.75 Å². The standard InChI is InChI=1S/C27H29NO9S/c1-32-20-12-11-18(13-21(20)36-16-17-9-7-6-8-10-17)24-26(37-38(5,30)31)27(29)28(24)19-14-22(33-2)25(35-4)23(15-19)34-3/h6-15,24,26H,16H2,1-5H3/t24-,26+/m0/s1. The summed E-state index contributed by atoms with van der Waals surface area (Å²) in [5.41, 5.74) is 1.94. The minimum Gasteiger partial charge on any atom is -0.493 e. The van der Waals surface area contributed by atoms with Crippen molar-refractivity contribution in [2.45, 2.75) is 18.8 Å². The van der Waals surface area contributed by atoms with Crippen molar-refractivity contribution in [3.05, 3.63) is 71.8 Å². The van der Waals surface area contributed by atoms with E-state index >= 15 is 0 Å². The number of rotatable bonds is 11. The lowest BCUT2D eigenvalue weighted by atomic mass is 9.89. The van der Waals surface area contributed by atoms with Gasteiger partial charge >= 0.3 is 0 Å². The molecular formula is C27H29NO9S. The van der Waals surface area contributed by atoms with Gasteiger partial charge in [0.1, 0.15) is 6.61 Å². The van der Waals surface area contributed by atoms with E-state index in [1.165, 1.54) is 33.3 Å². The Morgan fingerprint density at radius 3 is 1.97 bits per heavy atom. The van der Waals surface area contributed by atoms with Crippen molar-refractivity contribution in [3.8, 4) is 28.7 Å². The molecule has 11 heteroatoms. The Kier molecular flexibility index (Phi) is 7.98. The highest BCUT2D eigenvalue weighted by Gasteiger charge is 2.52. The zero-order chi connectivity index (χ0) is 27.4. The Balaban J connectivity index is 1.76. The van der Waals surface area contributed by atoms with Crippen LogP contribution in [0.3, 0.4) is 0 Å². The number of β-lactam (4-membered cyclic amide) rings is 1. The van der Waals surface area contributed by atoms with Crippen LogP contribution in [0.25, 0.3) is 0 Å². The second-order valence-electron chi connectivity index (χ2n) is 8.44. The molecule has 1 amide bonds. The predicted octanol–water partition coefficient (Wildman–Crippen LogP) is 3.73. The smallest absolute Gasteiger partial charge is 0.265 e. The van der Waals surface area contributed by atoms with Gasteiger partial charge in [-0.3, -0.25) is 13.9 Å². The van der Waals surface area contributed by atoms with Crippen LogP contribution in [0, 0.1) is 0 Å². The molecule has 4 rings (SSSR count).